The van der Waals surface area contributed by atoms with E-state index in [2.05, 4.69) is 25.6 Å². The Labute approximate surface area is 177 Å². The van der Waals surface area contributed by atoms with Gasteiger partial charge in [-0.25, -0.2) is 15.1 Å². The van der Waals surface area contributed by atoms with Crippen LogP contribution in [0.15, 0.2) is 71.4 Å². The lowest BCUT2D eigenvalue weighted by Gasteiger charge is -2.03. The van der Waals surface area contributed by atoms with E-state index in [9.17, 15) is 18.0 Å². The Morgan fingerprint density at radius 3 is 2.68 bits per heavy atom. The van der Waals surface area contributed by atoms with Gasteiger partial charge in [-0.2, -0.15) is 23.4 Å². The largest absolute Gasteiger partial charge is 0.435 e. The van der Waals surface area contributed by atoms with E-state index in [1.165, 1.54) is 11.6 Å². The molecule has 0 atom stereocenters. The van der Waals surface area contributed by atoms with Crippen molar-refractivity contribution in [1.29, 1.82) is 0 Å². The third-order valence-electron chi connectivity index (χ3n) is 4.04. The molecule has 1 amide bonds. The van der Waals surface area contributed by atoms with Gasteiger partial charge in [-0.05, 0) is 12.1 Å². The number of rotatable bonds is 5. The van der Waals surface area contributed by atoms with Crippen LogP contribution < -0.4 is 5.43 Å². The smallest absolute Gasteiger partial charge is 0.266 e. The Bertz CT molecular complexity index is 1220. The molecule has 0 aliphatic carbocycles. The second kappa shape index (κ2) is 8.48. The summed E-state index contributed by atoms with van der Waals surface area (Å²) >= 11 is 0.993. The quantitative estimate of drug-likeness (QED) is 0.371. The van der Waals surface area contributed by atoms with E-state index in [1.807, 2.05) is 0 Å². The molecule has 0 fully saturated rings. The van der Waals surface area contributed by atoms with Crippen molar-refractivity contribution in [2.24, 2.45) is 5.10 Å². The zero-order valence-electron chi connectivity index (χ0n) is 15.6. The van der Waals surface area contributed by atoms with E-state index in [4.69, 9.17) is 0 Å². The first-order chi connectivity index (χ1) is 14.9. The summed E-state index contributed by atoms with van der Waals surface area (Å²) in [5.41, 5.74) is 2.72. The second-order valence-electron chi connectivity index (χ2n) is 6.19. The molecule has 1 aromatic carbocycles. The van der Waals surface area contributed by atoms with Crippen LogP contribution in [0.2, 0.25) is 0 Å². The molecule has 0 aliphatic heterocycles. The lowest BCUT2D eigenvalue weighted by Crippen LogP contribution is -2.18. The molecule has 0 saturated carbocycles. The maximum atomic E-state index is 13.2. The highest BCUT2D eigenvalue weighted by Gasteiger charge is 2.35. The van der Waals surface area contributed by atoms with E-state index in [0.717, 1.165) is 22.1 Å². The van der Waals surface area contributed by atoms with E-state index >= 15 is 0 Å². The highest BCUT2D eigenvalue weighted by atomic mass is 32.1. The minimum Gasteiger partial charge on any atom is -0.266 e. The second-order valence-corrected chi connectivity index (χ2v) is 7.03. The average Bonchev–Trinajstić information content (AvgIpc) is 3.42. The average molecular weight is 442 g/mol. The minimum atomic E-state index is -4.62. The van der Waals surface area contributed by atoms with Crippen molar-refractivity contribution >= 4 is 23.5 Å². The molecule has 0 bridgehead atoms. The van der Waals surface area contributed by atoms with Crippen LogP contribution in [-0.4, -0.2) is 31.9 Å². The molecule has 3 aromatic heterocycles. The molecule has 1 N–H and O–H groups in total. The predicted octanol–water partition coefficient (Wildman–Crippen LogP) is 4.17. The first-order valence-electron chi connectivity index (χ1n) is 8.84. The first-order valence-corrected chi connectivity index (χ1v) is 9.72. The summed E-state index contributed by atoms with van der Waals surface area (Å²) in [6, 6.07) is 12.9. The van der Waals surface area contributed by atoms with E-state index in [0.29, 0.717) is 11.1 Å². The van der Waals surface area contributed by atoms with Gasteiger partial charge >= 0.3 is 6.18 Å². The van der Waals surface area contributed by atoms with Gasteiger partial charge in [-0.3, -0.25) is 9.78 Å². The molecule has 4 rings (SSSR count). The Kier molecular flexibility index (Phi) is 5.58. The number of hydrogen-bond donors (Lipinski definition) is 1. The number of carbonyl (C=O) groups is 1. The Morgan fingerprint density at radius 2 is 1.97 bits per heavy atom. The molecular formula is C20H13F3N6OS. The monoisotopic (exact) mass is 442 g/mol. The third kappa shape index (κ3) is 4.67. The number of carbonyl (C=O) groups excluding carboxylic acids is 1. The third-order valence-corrected chi connectivity index (χ3v) is 4.86. The number of nitrogens with zero attached hydrogens (tertiary/aromatic N) is 5. The zero-order chi connectivity index (χ0) is 21.8. The Balaban J connectivity index is 1.60. The fourth-order valence-corrected chi connectivity index (χ4v) is 3.39. The number of benzene rings is 1. The van der Waals surface area contributed by atoms with Crippen molar-refractivity contribution in [2.75, 3.05) is 0 Å². The van der Waals surface area contributed by atoms with Crippen LogP contribution in [0, 0.1) is 0 Å². The maximum absolute atomic E-state index is 13.2. The van der Waals surface area contributed by atoms with Crippen molar-refractivity contribution < 1.29 is 18.0 Å². The lowest BCUT2D eigenvalue weighted by atomic mass is 10.1. The van der Waals surface area contributed by atoms with Gasteiger partial charge in [0, 0.05) is 28.9 Å². The molecule has 0 spiro atoms. The van der Waals surface area contributed by atoms with E-state index in [1.54, 1.807) is 54.9 Å². The molecule has 0 radical (unpaired) electrons. The van der Waals surface area contributed by atoms with Crippen LogP contribution in [0.5, 0.6) is 0 Å². The van der Waals surface area contributed by atoms with Gasteiger partial charge in [-0.15, -0.1) is 11.3 Å². The van der Waals surface area contributed by atoms with Crippen molar-refractivity contribution in [3.05, 3.63) is 83.3 Å². The number of thiazole rings is 1. The molecule has 156 valence electrons. The SMILES string of the molecule is O=C(N/N=C\c1cccnc1)c1csc(-n2nc(C(F)(F)F)cc2-c2ccccc2)n1. The van der Waals surface area contributed by atoms with Gasteiger partial charge in [0.2, 0.25) is 5.13 Å². The van der Waals surface area contributed by atoms with Crippen LogP contribution >= 0.6 is 11.3 Å². The van der Waals surface area contributed by atoms with E-state index < -0.39 is 17.8 Å². The maximum Gasteiger partial charge on any atom is 0.435 e. The molecule has 3 heterocycles. The van der Waals surface area contributed by atoms with Crippen molar-refractivity contribution in [2.45, 2.75) is 6.18 Å². The summed E-state index contributed by atoms with van der Waals surface area (Å²) < 4.78 is 40.8. The number of hydrogen-bond acceptors (Lipinski definition) is 6. The topological polar surface area (TPSA) is 85.1 Å². The molecule has 0 aliphatic rings. The number of halogens is 3. The number of amides is 1. The van der Waals surface area contributed by atoms with Crippen LogP contribution in [0.3, 0.4) is 0 Å². The summed E-state index contributed by atoms with van der Waals surface area (Å²) in [6.45, 7) is 0. The normalized spacial score (nSPS) is 11.7. The molecule has 0 unspecified atom stereocenters. The molecular weight excluding hydrogens is 429 g/mol. The molecule has 31 heavy (non-hydrogen) atoms. The standard InChI is InChI=1S/C20H13F3N6OS/c21-20(22,23)17-9-16(14-6-2-1-3-7-14)29(28-17)19-26-15(12-31-19)18(30)27-25-11-13-5-4-8-24-10-13/h1-12H,(H,27,30)/b25-11-. The Morgan fingerprint density at radius 1 is 1.16 bits per heavy atom. The molecule has 0 saturated heterocycles. The summed E-state index contributed by atoms with van der Waals surface area (Å²) in [6.07, 6.45) is -0.0321. The first kappa shape index (κ1) is 20.4. The van der Waals surface area contributed by atoms with Crippen molar-refractivity contribution in [3.8, 4) is 16.4 Å². The lowest BCUT2D eigenvalue weighted by molar-refractivity contribution is -0.141. The van der Waals surface area contributed by atoms with Gasteiger partial charge in [0.25, 0.3) is 5.91 Å². The summed E-state index contributed by atoms with van der Waals surface area (Å²) in [4.78, 5) is 20.4. The highest BCUT2D eigenvalue weighted by Crippen LogP contribution is 2.33. The van der Waals surface area contributed by atoms with Gasteiger partial charge in [0.05, 0.1) is 11.9 Å². The number of nitrogens with one attached hydrogen (secondary N) is 1. The number of hydrazone groups is 1. The fraction of sp³-hybridized carbons (Fsp3) is 0.0500. The number of pyridine rings is 1. The number of aromatic nitrogens is 4. The molecule has 11 heteroatoms. The summed E-state index contributed by atoms with van der Waals surface area (Å²) in [5.74, 6) is -0.605. The number of alkyl halides is 3. The minimum absolute atomic E-state index is 0.00593. The van der Waals surface area contributed by atoms with Crippen LogP contribution in [0.1, 0.15) is 21.7 Å². The van der Waals surface area contributed by atoms with Gasteiger partial charge in [0.1, 0.15) is 5.69 Å². The van der Waals surface area contributed by atoms with E-state index in [-0.39, 0.29) is 16.5 Å². The zero-order valence-corrected chi connectivity index (χ0v) is 16.4. The van der Waals surface area contributed by atoms with Gasteiger partial charge in [-0.1, -0.05) is 36.4 Å². The molecule has 7 nitrogen and oxygen atoms in total. The predicted molar refractivity (Wildman–Crippen MR) is 109 cm³/mol. The fourth-order valence-electron chi connectivity index (χ4n) is 2.62. The summed E-state index contributed by atoms with van der Waals surface area (Å²) in [7, 11) is 0. The van der Waals surface area contributed by atoms with Crippen molar-refractivity contribution in [1.82, 2.24) is 25.2 Å². The van der Waals surface area contributed by atoms with Crippen LogP contribution in [0.25, 0.3) is 16.4 Å². The van der Waals surface area contributed by atoms with Crippen molar-refractivity contribution in [3.63, 3.8) is 0 Å². The summed E-state index contributed by atoms with van der Waals surface area (Å²) in [5, 5.41) is 9.05. The van der Waals surface area contributed by atoms with Crippen LogP contribution in [-0.2, 0) is 6.18 Å². The van der Waals surface area contributed by atoms with Crippen LogP contribution in [0.4, 0.5) is 13.2 Å². The molecule has 4 aromatic rings. The highest BCUT2D eigenvalue weighted by molar-refractivity contribution is 7.12. The van der Waals surface area contributed by atoms with Gasteiger partial charge < -0.3 is 0 Å². The Hall–Kier alpha value is -3.86. The van der Waals surface area contributed by atoms with Gasteiger partial charge in [0.15, 0.2) is 5.69 Å².